The summed E-state index contributed by atoms with van der Waals surface area (Å²) in [6, 6.07) is 17.3. The second-order valence-corrected chi connectivity index (χ2v) is 7.11. The summed E-state index contributed by atoms with van der Waals surface area (Å²) in [6.45, 7) is 5.06. The minimum atomic E-state index is -0.276. The number of likely N-dealkylation sites (tertiary alicyclic amines) is 1. The van der Waals surface area contributed by atoms with Crippen LogP contribution in [0.4, 0.5) is 0 Å². The first-order valence-electron chi connectivity index (χ1n) is 10.2. The molecule has 0 radical (unpaired) electrons. The Hall–Kier alpha value is -2.86. The summed E-state index contributed by atoms with van der Waals surface area (Å²) in [4.78, 5) is 27.0. The Bertz CT molecular complexity index is 787. The van der Waals surface area contributed by atoms with Crippen LogP contribution in [0.3, 0.4) is 0 Å². The average molecular weight is 396 g/mol. The van der Waals surface area contributed by atoms with Crippen LogP contribution < -0.4 is 15.4 Å². The number of nitrogens with one attached hydrogen (secondary N) is 2. The average Bonchev–Trinajstić information content (AvgIpc) is 3.28. The van der Waals surface area contributed by atoms with Gasteiger partial charge >= 0.3 is 0 Å². The number of carbonyl (C=O) groups excluding carboxylic acids is 2. The molecule has 1 aliphatic heterocycles. The highest BCUT2D eigenvalue weighted by Gasteiger charge is 2.23. The normalized spacial score (nSPS) is 14.9. The van der Waals surface area contributed by atoms with E-state index in [4.69, 9.17) is 4.74 Å². The van der Waals surface area contributed by atoms with Crippen LogP contribution in [0.5, 0.6) is 5.75 Å². The van der Waals surface area contributed by atoms with Crippen molar-refractivity contribution in [3.8, 4) is 5.75 Å². The van der Waals surface area contributed by atoms with E-state index in [0.717, 1.165) is 18.8 Å². The summed E-state index contributed by atoms with van der Waals surface area (Å²) in [6.07, 6.45) is 2.38. The van der Waals surface area contributed by atoms with Crippen molar-refractivity contribution in [2.24, 2.45) is 0 Å². The molecule has 6 nitrogen and oxygen atoms in total. The van der Waals surface area contributed by atoms with E-state index < -0.39 is 0 Å². The van der Waals surface area contributed by atoms with Gasteiger partial charge in [0.2, 0.25) is 5.91 Å². The first kappa shape index (κ1) is 20.9. The summed E-state index contributed by atoms with van der Waals surface area (Å²) in [5.74, 6) is 0.252. The Morgan fingerprint density at radius 1 is 1.00 bits per heavy atom. The number of carbonyl (C=O) groups is 2. The maximum Gasteiger partial charge on any atom is 0.251 e. The molecule has 0 bridgehead atoms. The Labute approximate surface area is 172 Å². The van der Waals surface area contributed by atoms with Gasteiger partial charge in [-0.3, -0.25) is 14.5 Å². The molecule has 2 N–H and O–H groups in total. The van der Waals surface area contributed by atoms with E-state index >= 15 is 0 Å². The van der Waals surface area contributed by atoms with E-state index in [-0.39, 0.29) is 24.4 Å². The maximum absolute atomic E-state index is 12.3. The minimum Gasteiger partial charge on any atom is -0.494 e. The Balaban J connectivity index is 1.49. The summed E-state index contributed by atoms with van der Waals surface area (Å²) in [5, 5.41) is 5.65. The molecule has 3 rings (SSSR count). The number of ether oxygens (including phenoxy) is 1. The van der Waals surface area contributed by atoms with Gasteiger partial charge in [0.25, 0.3) is 5.91 Å². The fourth-order valence-electron chi connectivity index (χ4n) is 3.59. The number of benzene rings is 2. The first-order chi connectivity index (χ1) is 14.2. The Morgan fingerprint density at radius 2 is 1.69 bits per heavy atom. The largest absolute Gasteiger partial charge is 0.494 e. The van der Waals surface area contributed by atoms with E-state index in [9.17, 15) is 9.59 Å². The molecule has 154 valence electrons. The SMILES string of the molecule is CCOc1ccc(C(=O)NCC(=O)NCC(c2ccccc2)N2CCCC2)cc1. The molecule has 0 aliphatic carbocycles. The fraction of sp³-hybridized carbons (Fsp3) is 0.391. The third-order valence-corrected chi connectivity index (χ3v) is 5.10. The van der Waals surface area contributed by atoms with E-state index in [1.807, 2.05) is 25.1 Å². The molecule has 0 spiro atoms. The molecule has 6 heteroatoms. The quantitative estimate of drug-likeness (QED) is 0.685. The van der Waals surface area contributed by atoms with Gasteiger partial charge in [-0.1, -0.05) is 30.3 Å². The van der Waals surface area contributed by atoms with E-state index in [1.54, 1.807) is 24.3 Å². The molecule has 1 atom stereocenters. The van der Waals surface area contributed by atoms with Gasteiger partial charge in [0.15, 0.2) is 0 Å². The molecule has 1 fully saturated rings. The van der Waals surface area contributed by atoms with Crippen LogP contribution in [0, 0.1) is 0 Å². The third-order valence-electron chi connectivity index (χ3n) is 5.10. The predicted molar refractivity (Wildman–Crippen MR) is 113 cm³/mol. The van der Waals surface area contributed by atoms with Gasteiger partial charge in [0, 0.05) is 12.1 Å². The zero-order valence-corrected chi connectivity index (χ0v) is 16.9. The summed E-state index contributed by atoms with van der Waals surface area (Å²) in [7, 11) is 0. The Kier molecular flexibility index (Phi) is 7.64. The standard InChI is InChI=1S/C23H29N3O3/c1-2-29-20-12-10-19(11-13-20)23(28)25-17-22(27)24-16-21(26-14-6-7-15-26)18-8-4-3-5-9-18/h3-5,8-13,21H,2,6-7,14-17H2,1H3,(H,24,27)(H,25,28). The van der Waals surface area contributed by atoms with Crippen LogP contribution in [0.25, 0.3) is 0 Å². The van der Waals surface area contributed by atoms with E-state index in [0.29, 0.717) is 18.7 Å². The number of amides is 2. The van der Waals surface area contributed by atoms with Crippen LogP contribution in [-0.2, 0) is 4.79 Å². The number of rotatable bonds is 9. The maximum atomic E-state index is 12.3. The van der Waals surface area contributed by atoms with Crippen molar-refractivity contribution in [1.82, 2.24) is 15.5 Å². The first-order valence-corrected chi connectivity index (χ1v) is 10.2. The van der Waals surface area contributed by atoms with Crippen LogP contribution in [0.1, 0.15) is 41.7 Å². The highest BCUT2D eigenvalue weighted by Crippen LogP contribution is 2.24. The molecule has 1 aliphatic rings. The molecule has 0 aromatic heterocycles. The molecule has 2 aromatic carbocycles. The van der Waals surface area contributed by atoms with Crippen molar-refractivity contribution in [2.45, 2.75) is 25.8 Å². The number of hydrogen-bond acceptors (Lipinski definition) is 4. The van der Waals surface area contributed by atoms with Crippen LogP contribution in [0.15, 0.2) is 54.6 Å². The van der Waals surface area contributed by atoms with Crippen molar-refractivity contribution in [2.75, 3.05) is 32.8 Å². The molecule has 1 unspecified atom stereocenters. The van der Waals surface area contributed by atoms with Gasteiger partial charge in [0.05, 0.1) is 19.2 Å². The van der Waals surface area contributed by atoms with Gasteiger partial charge in [-0.25, -0.2) is 0 Å². The van der Waals surface area contributed by atoms with Gasteiger partial charge in [-0.05, 0) is 62.7 Å². The van der Waals surface area contributed by atoms with Crippen LogP contribution >= 0.6 is 0 Å². The van der Waals surface area contributed by atoms with E-state index in [2.05, 4.69) is 27.7 Å². The van der Waals surface area contributed by atoms with Crippen molar-refractivity contribution in [3.05, 3.63) is 65.7 Å². The molecule has 1 saturated heterocycles. The number of nitrogens with zero attached hydrogens (tertiary/aromatic N) is 1. The zero-order valence-electron chi connectivity index (χ0n) is 16.9. The van der Waals surface area contributed by atoms with Crippen LogP contribution in [-0.4, -0.2) is 49.5 Å². The summed E-state index contributed by atoms with van der Waals surface area (Å²) in [5.41, 5.74) is 1.70. The second kappa shape index (κ2) is 10.6. The predicted octanol–water partition coefficient (Wildman–Crippen LogP) is 2.77. The molecule has 0 saturated carbocycles. The van der Waals surface area contributed by atoms with Gasteiger partial charge in [0.1, 0.15) is 5.75 Å². The van der Waals surface area contributed by atoms with Gasteiger partial charge in [-0.15, -0.1) is 0 Å². The summed E-state index contributed by atoms with van der Waals surface area (Å²) >= 11 is 0. The third kappa shape index (κ3) is 6.06. The van der Waals surface area contributed by atoms with Gasteiger partial charge in [-0.2, -0.15) is 0 Å². The lowest BCUT2D eigenvalue weighted by atomic mass is 10.1. The fourth-order valence-corrected chi connectivity index (χ4v) is 3.59. The zero-order chi connectivity index (χ0) is 20.5. The molecule has 2 aromatic rings. The molecule has 29 heavy (non-hydrogen) atoms. The highest BCUT2D eigenvalue weighted by molar-refractivity contribution is 5.96. The van der Waals surface area contributed by atoms with Gasteiger partial charge < -0.3 is 15.4 Å². The lowest BCUT2D eigenvalue weighted by Gasteiger charge is -2.28. The lowest BCUT2D eigenvalue weighted by Crippen LogP contribution is -2.41. The van der Waals surface area contributed by atoms with Crippen molar-refractivity contribution in [1.29, 1.82) is 0 Å². The number of hydrogen-bond donors (Lipinski definition) is 2. The molecular formula is C23H29N3O3. The minimum absolute atomic E-state index is 0.0481. The van der Waals surface area contributed by atoms with Crippen molar-refractivity contribution >= 4 is 11.8 Å². The lowest BCUT2D eigenvalue weighted by molar-refractivity contribution is -0.120. The summed E-state index contributed by atoms with van der Waals surface area (Å²) < 4.78 is 5.37. The van der Waals surface area contributed by atoms with Crippen molar-refractivity contribution in [3.63, 3.8) is 0 Å². The Morgan fingerprint density at radius 3 is 2.34 bits per heavy atom. The topological polar surface area (TPSA) is 70.7 Å². The van der Waals surface area contributed by atoms with E-state index in [1.165, 1.54) is 18.4 Å². The van der Waals surface area contributed by atoms with Crippen LogP contribution in [0.2, 0.25) is 0 Å². The highest BCUT2D eigenvalue weighted by atomic mass is 16.5. The molecular weight excluding hydrogens is 366 g/mol. The smallest absolute Gasteiger partial charge is 0.251 e. The molecule has 2 amide bonds. The van der Waals surface area contributed by atoms with Crippen molar-refractivity contribution < 1.29 is 14.3 Å². The second-order valence-electron chi connectivity index (χ2n) is 7.11. The molecule has 1 heterocycles. The monoisotopic (exact) mass is 395 g/mol.